The zero-order valence-corrected chi connectivity index (χ0v) is 16.5. The van der Waals surface area contributed by atoms with Crippen molar-refractivity contribution >= 4 is 29.0 Å². The molecule has 10 heteroatoms. The van der Waals surface area contributed by atoms with Gasteiger partial charge in [-0.1, -0.05) is 13.8 Å². The number of methoxy groups -OCH3 is 1. The molecule has 0 aromatic heterocycles. The Labute approximate surface area is 170 Å². The van der Waals surface area contributed by atoms with Gasteiger partial charge in [-0.05, 0) is 11.5 Å². The highest BCUT2D eigenvalue weighted by Gasteiger charge is 2.63. The van der Waals surface area contributed by atoms with Crippen LogP contribution in [0.3, 0.4) is 0 Å². The summed E-state index contributed by atoms with van der Waals surface area (Å²) in [7, 11) is 1.10. The highest BCUT2D eigenvalue weighted by Crippen LogP contribution is 2.56. The van der Waals surface area contributed by atoms with Crippen LogP contribution in [0.2, 0.25) is 0 Å². The molecule has 2 aliphatic heterocycles. The molecule has 156 valence electrons. The Bertz CT molecular complexity index is 1120. The molecule has 0 radical (unpaired) electrons. The first-order valence-corrected chi connectivity index (χ1v) is 9.16. The summed E-state index contributed by atoms with van der Waals surface area (Å²) in [5.41, 5.74) is 3.25. The minimum Gasteiger partial charge on any atom is -0.465 e. The summed E-state index contributed by atoms with van der Waals surface area (Å²) in [6.07, 6.45) is 0.394. The number of allylic oxidation sites excluding steroid dienone is 1. The van der Waals surface area contributed by atoms with E-state index < -0.39 is 33.4 Å². The van der Waals surface area contributed by atoms with Crippen LogP contribution in [-0.2, 0) is 29.3 Å². The number of fused-ring (bicyclic) bond motifs is 3. The first-order chi connectivity index (χ1) is 14.0. The summed E-state index contributed by atoms with van der Waals surface area (Å²) in [5.74, 6) is -2.28. The number of nitrogens with two attached hydrogens (primary N) is 1. The zero-order valence-electron chi connectivity index (χ0n) is 16.5. The number of carbonyl (C=O) groups is 3. The Hall–Kier alpha value is -3.69. The van der Waals surface area contributed by atoms with Crippen LogP contribution in [-0.4, -0.2) is 29.7 Å². The predicted molar refractivity (Wildman–Crippen MR) is 103 cm³/mol. The van der Waals surface area contributed by atoms with Gasteiger partial charge in [-0.2, -0.15) is 0 Å². The fraction of sp³-hybridized carbons (Fsp3) is 0.350. The van der Waals surface area contributed by atoms with Gasteiger partial charge in [-0.3, -0.25) is 19.7 Å². The number of non-ortho nitro benzene ring substituents is 1. The average molecular weight is 413 g/mol. The van der Waals surface area contributed by atoms with Crippen LogP contribution in [0.25, 0.3) is 0 Å². The lowest BCUT2D eigenvalue weighted by Crippen LogP contribution is -2.50. The number of nitro groups is 1. The first kappa shape index (κ1) is 19.6. The van der Waals surface area contributed by atoms with Crippen molar-refractivity contribution in [2.24, 2.45) is 11.1 Å². The number of hydrogen-bond acceptors (Lipinski definition) is 8. The zero-order chi connectivity index (χ0) is 22.0. The second-order valence-electron chi connectivity index (χ2n) is 8.26. The largest absolute Gasteiger partial charge is 0.465 e. The van der Waals surface area contributed by atoms with Gasteiger partial charge in [0.1, 0.15) is 16.7 Å². The number of nitrogens with one attached hydrogen (secondary N) is 1. The maximum Gasteiger partial charge on any atom is 0.340 e. The number of anilines is 1. The van der Waals surface area contributed by atoms with Crippen LogP contribution in [0.15, 0.2) is 41.0 Å². The highest BCUT2D eigenvalue weighted by molar-refractivity contribution is 6.22. The number of nitrogens with zero attached hydrogens (tertiary/aromatic N) is 1. The number of ether oxygens (including phenoxy) is 2. The van der Waals surface area contributed by atoms with Crippen molar-refractivity contribution in [1.82, 2.24) is 0 Å². The topological polar surface area (TPSA) is 151 Å². The van der Waals surface area contributed by atoms with Gasteiger partial charge in [0.2, 0.25) is 11.8 Å². The van der Waals surface area contributed by atoms with Crippen molar-refractivity contribution in [3.63, 3.8) is 0 Å². The monoisotopic (exact) mass is 413 g/mol. The Morgan fingerprint density at radius 2 is 2.00 bits per heavy atom. The van der Waals surface area contributed by atoms with E-state index in [9.17, 15) is 24.5 Å². The molecule has 3 aliphatic rings. The predicted octanol–water partition coefficient (Wildman–Crippen LogP) is 1.80. The average Bonchev–Trinajstić information content (AvgIpc) is 2.91. The summed E-state index contributed by atoms with van der Waals surface area (Å²) >= 11 is 0. The SMILES string of the molecule is COC(=O)C1=C(N)OC2=C(C(=O)CC(C)(C)C2)C12C(=O)Nc1ccc([N+](=O)[O-])cc12. The molecule has 0 saturated carbocycles. The molecule has 0 saturated heterocycles. The maximum absolute atomic E-state index is 13.4. The van der Waals surface area contributed by atoms with Crippen LogP contribution >= 0.6 is 0 Å². The molecule has 1 aliphatic carbocycles. The molecule has 1 atom stereocenters. The van der Waals surface area contributed by atoms with Crippen LogP contribution in [0, 0.1) is 15.5 Å². The second-order valence-corrected chi connectivity index (χ2v) is 8.26. The molecule has 3 N–H and O–H groups in total. The lowest BCUT2D eigenvalue weighted by molar-refractivity contribution is -0.384. The number of ketones is 1. The molecular formula is C20H19N3O7. The van der Waals surface area contributed by atoms with E-state index in [1.165, 1.54) is 18.2 Å². The van der Waals surface area contributed by atoms with E-state index in [-0.39, 0.29) is 46.1 Å². The smallest absolute Gasteiger partial charge is 0.340 e. The van der Waals surface area contributed by atoms with E-state index in [2.05, 4.69) is 5.32 Å². The lowest BCUT2D eigenvalue weighted by Gasteiger charge is -2.41. The van der Waals surface area contributed by atoms with Crippen molar-refractivity contribution < 1.29 is 28.8 Å². The van der Waals surface area contributed by atoms with Gasteiger partial charge >= 0.3 is 5.97 Å². The Morgan fingerprint density at radius 1 is 1.30 bits per heavy atom. The number of rotatable bonds is 2. The Morgan fingerprint density at radius 3 is 2.63 bits per heavy atom. The van der Waals surface area contributed by atoms with Gasteiger partial charge < -0.3 is 20.5 Å². The van der Waals surface area contributed by atoms with Crippen LogP contribution in [0.5, 0.6) is 0 Å². The van der Waals surface area contributed by atoms with E-state index in [0.717, 1.165) is 7.11 Å². The summed E-state index contributed by atoms with van der Waals surface area (Å²) < 4.78 is 10.5. The molecule has 30 heavy (non-hydrogen) atoms. The minimum atomic E-state index is -1.99. The highest BCUT2D eigenvalue weighted by atomic mass is 16.6. The van der Waals surface area contributed by atoms with E-state index in [1.807, 2.05) is 13.8 Å². The number of esters is 1. The molecule has 1 unspecified atom stereocenters. The van der Waals surface area contributed by atoms with Crippen LogP contribution < -0.4 is 11.1 Å². The van der Waals surface area contributed by atoms with Crippen molar-refractivity contribution in [3.05, 3.63) is 56.7 Å². The number of benzene rings is 1. The van der Waals surface area contributed by atoms with E-state index in [1.54, 1.807) is 0 Å². The molecular weight excluding hydrogens is 394 g/mol. The summed E-state index contributed by atoms with van der Waals surface area (Å²) in [4.78, 5) is 50.2. The third-order valence-electron chi connectivity index (χ3n) is 5.66. The number of nitro benzene ring substituents is 1. The van der Waals surface area contributed by atoms with Crippen molar-refractivity contribution in [2.75, 3.05) is 12.4 Å². The third-order valence-corrected chi connectivity index (χ3v) is 5.66. The molecule has 1 aromatic rings. The number of Topliss-reactive ketones (excluding diaryl/α,β-unsaturated/α-hetero) is 1. The van der Waals surface area contributed by atoms with Gasteiger partial charge in [0.05, 0.1) is 17.6 Å². The maximum atomic E-state index is 13.4. The van der Waals surface area contributed by atoms with E-state index >= 15 is 0 Å². The molecule has 10 nitrogen and oxygen atoms in total. The normalized spacial score (nSPS) is 24.2. The van der Waals surface area contributed by atoms with Crippen molar-refractivity contribution in [1.29, 1.82) is 0 Å². The van der Waals surface area contributed by atoms with Crippen LogP contribution in [0.4, 0.5) is 11.4 Å². The fourth-order valence-corrected chi connectivity index (χ4v) is 4.52. The number of amides is 1. The molecule has 4 rings (SSSR count). The lowest BCUT2D eigenvalue weighted by atomic mass is 9.62. The van der Waals surface area contributed by atoms with E-state index in [4.69, 9.17) is 15.2 Å². The van der Waals surface area contributed by atoms with E-state index in [0.29, 0.717) is 6.42 Å². The van der Waals surface area contributed by atoms with Crippen molar-refractivity contribution in [2.45, 2.75) is 32.1 Å². The molecule has 2 heterocycles. The minimum absolute atomic E-state index is 0.0341. The van der Waals surface area contributed by atoms with Gasteiger partial charge in [0.25, 0.3) is 5.69 Å². The fourth-order valence-electron chi connectivity index (χ4n) is 4.52. The van der Waals surface area contributed by atoms with Gasteiger partial charge in [-0.15, -0.1) is 0 Å². The van der Waals surface area contributed by atoms with Gasteiger partial charge in [0.15, 0.2) is 5.78 Å². The standard InChI is InChI=1S/C20H19N3O7/c1-19(2)7-12(24)14-13(8-19)30-16(21)15(17(25)29-3)20(14)10-6-9(23(27)28)4-5-11(10)22-18(20)26/h4-6H,7-8,21H2,1-3H3,(H,22,26). The van der Waals surface area contributed by atoms with Gasteiger partial charge in [-0.25, -0.2) is 4.79 Å². The van der Waals surface area contributed by atoms with Gasteiger partial charge in [0, 0.05) is 36.2 Å². The van der Waals surface area contributed by atoms with Crippen LogP contribution in [0.1, 0.15) is 32.3 Å². The molecule has 0 bridgehead atoms. The summed E-state index contributed by atoms with van der Waals surface area (Å²) in [6, 6.07) is 3.76. The third kappa shape index (κ3) is 2.46. The number of hydrogen-bond donors (Lipinski definition) is 2. The first-order valence-electron chi connectivity index (χ1n) is 9.16. The van der Waals surface area contributed by atoms with Crippen molar-refractivity contribution in [3.8, 4) is 0 Å². The molecule has 0 fully saturated rings. The summed E-state index contributed by atoms with van der Waals surface area (Å²) in [6.45, 7) is 3.74. The number of carbonyl (C=O) groups excluding carboxylic acids is 3. The quantitative estimate of drug-likeness (QED) is 0.423. The second kappa shape index (κ2) is 6.15. The Balaban J connectivity index is 2.11. The molecule has 1 spiro atoms. The molecule has 1 aromatic carbocycles. The molecule has 1 amide bonds. The Kier molecular flexibility index (Phi) is 4.02. The summed E-state index contributed by atoms with van der Waals surface area (Å²) in [5, 5.41) is 14.0.